The Kier molecular flexibility index (Phi) is 6.44. The lowest BCUT2D eigenvalue weighted by atomic mass is 9.96. The summed E-state index contributed by atoms with van der Waals surface area (Å²) in [5, 5.41) is 20.2. The van der Waals surface area contributed by atoms with E-state index in [1.54, 1.807) is 25.1 Å². The van der Waals surface area contributed by atoms with Crippen molar-refractivity contribution in [2.45, 2.75) is 32.2 Å². The molecule has 1 atom stereocenters. The van der Waals surface area contributed by atoms with Crippen molar-refractivity contribution >= 4 is 29.8 Å². The van der Waals surface area contributed by atoms with Crippen LogP contribution in [0.25, 0.3) is 11.3 Å². The summed E-state index contributed by atoms with van der Waals surface area (Å²) >= 11 is 0. The normalized spacial score (nSPS) is 12.8. The first-order chi connectivity index (χ1) is 10.8. The van der Waals surface area contributed by atoms with Crippen molar-refractivity contribution in [3.63, 3.8) is 0 Å². The molecule has 1 heterocycles. The Morgan fingerprint density at radius 1 is 1.46 bits per heavy atom. The summed E-state index contributed by atoms with van der Waals surface area (Å²) in [5.74, 6) is 0.000673. The number of aromatic amines is 1. The van der Waals surface area contributed by atoms with Gasteiger partial charge in [0.1, 0.15) is 0 Å². The average Bonchev–Trinajstić information content (AvgIpc) is 2.96. The van der Waals surface area contributed by atoms with Crippen LogP contribution in [0.5, 0.6) is 0 Å². The number of non-ortho nitro benzene ring substituents is 1. The van der Waals surface area contributed by atoms with Crippen LogP contribution < -0.4 is 11.1 Å². The van der Waals surface area contributed by atoms with E-state index in [4.69, 9.17) is 5.73 Å². The highest BCUT2D eigenvalue weighted by Crippen LogP contribution is 2.24. The molecule has 0 saturated heterocycles. The van der Waals surface area contributed by atoms with Gasteiger partial charge in [-0.3, -0.25) is 20.0 Å². The standard InChI is InChI=1S/C15H19N5O3.ClH/c1-3-7-15(2,16)14(21)17-13-9-12(18-19-13)10-5-4-6-11(8-10)20(22)23;/h4-6,8-9H,3,7,16H2,1-2H3,(H2,17,18,19,21);1H. The molecule has 4 N–H and O–H groups in total. The molecular formula is C15H20ClN5O3. The second-order valence-corrected chi connectivity index (χ2v) is 5.60. The average molecular weight is 354 g/mol. The first kappa shape index (κ1) is 19.6. The number of amides is 1. The molecule has 0 aliphatic heterocycles. The molecule has 9 heteroatoms. The van der Waals surface area contributed by atoms with E-state index in [2.05, 4.69) is 15.5 Å². The highest BCUT2D eigenvalue weighted by atomic mass is 35.5. The molecule has 8 nitrogen and oxygen atoms in total. The smallest absolute Gasteiger partial charge is 0.270 e. The van der Waals surface area contributed by atoms with Gasteiger partial charge >= 0.3 is 0 Å². The predicted molar refractivity (Wildman–Crippen MR) is 94.1 cm³/mol. The van der Waals surface area contributed by atoms with Crippen LogP contribution in [0.1, 0.15) is 26.7 Å². The van der Waals surface area contributed by atoms with Crippen molar-refractivity contribution in [3.8, 4) is 11.3 Å². The number of carbonyl (C=O) groups excluding carboxylic acids is 1. The van der Waals surface area contributed by atoms with Crippen LogP contribution in [0.2, 0.25) is 0 Å². The number of anilines is 1. The lowest BCUT2D eigenvalue weighted by Crippen LogP contribution is -2.48. The van der Waals surface area contributed by atoms with Gasteiger partial charge in [-0.15, -0.1) is 12.4 Å². The zero-order chi connectivity index (χ0) is 17.0. The summed E-state index contributed by atoms with van der Waals surface area (Å²) in [6.45, 7) is 3.62. The van der Waals surface area contributed by atoms with Crippen molar-refractivity contribution in [3.05, 3.63) is 40.4 Å². The highest BCUT2D eigenvalue weighted by molar-refractivity contribution is 5.97. The van der Waals surface area contributed by atoms with E-state index in [1.807, 2.05) is 6.92 Å². The molecule has 0 bridgehead atoms. The third kappa shape index (κ3) is 4.53. The molecule has 1 aromatic carbocycles. The predicted octanol–water partition coefficient (Wildman–Crippen LogP) is 2.86. The Morgan fingerprint density at radius 2 is 2.17 bits per heavy atom. The number of nitrogens with zero attached hydrogens (tertiary/aromatic N) is 2. The Labute approximate surface area is 145 Å². The van der Waals surface area contributed by atoms with E-state index in [0.717, 1.165) is 6.42 Å². The summed E-state index contributed by atoms with van der Waals surface area (Å²) in [5.41, 5.74) is 6.15. The van der Waals surface area contributed by atoms with E-state index in [-0.39, 0.29) is 24.0 Å². The van der Waals surface area contributed by atoms with Gasteiger partial charge in [0, 0.05) is 23.8 Å². The topological polar surface area (TPSA) is 127 Å². The first-order valence-corrected chi connectivity index (χ1v) is 7.24. The molecule has 0 spiro atoms. The molecule has 24 heavy (non-hydrogen) atoms. The van der Waals surface area contributed by atoms with Gasteiger partial charge in [0.15, 0.2) is 5.82 Å². The zero-order valence-electron chi connectivity index (χ0n) is 13.4. The number of nitro benzene ring substituents is 1. The number of nitro groups is 1. The summed E-state index contributed by atoms with van der Waals surface area (Å²) in [4.78, 5) is 22.5. The number of H-pyrrole nitrogens is 1. The van der Waals surface area contributed by atoms with Crippen LogP contribution in [-0.4, -0.2) is 26.6 Å². The Balaban J connectivity index is 0.00000288. The molecule has 1 amide bonds. The van der Waals surface area contributed by atoms with Gasteiger partial charge in [-0.1, -0.05) is 25.5 Å². The van der Waals surface area contributed by atoms with Gasteiger partial charge in [0.05, 0.1) is 16.2 Å². The molecule has 0 fully saturated rings. The second-order valence-electron chi connectivity index (χ2n) is 5.60. The van der Waals surface area contributed by atoms with Crippen LogP contribution in [0.3, 0.4) is 0 Å². The maximum atomic E-state index is 12.1. The lowest BCUT2D eigenvalue weighted by molar-refractivity contribution is -0.384. The van der Waals surface area contributed by atoms with E-state index in [1.165, 1.54) is 12.1 Å². The maximum Gasteiger partial charge on any atom is 0.270 e. The molecule has 0 saturated carbocycles. The minimum Gasteiger partial charge on any atom is -0.318 e. The fourth-order valence-electron chi connectivity index (χ4n) is 2.21. The van der Waals surface area contributed by atoms with Crippen LogP contribution in [-0.2, 0) is 4.79 Å². The van der Waals surface area contributed by atoms with Crippen molar-refractivity contribution in [1.82, 2.24) is 10.2 Å². The highest BCUT2D eigenvalue weighted by Gasteiger charge is 2.27. The van der Waals surface area contributed by atoms with Gasteiger partial charge in [0.2, 0.25) is 5.91 Å². The number of rotatable bonds is 6. The number of carbonyl (C=O) groups is 1. The SMILES string of the molecule is CCCC(C)(N)C(=O)Nc1cc(-c2cccc([N+](=O)[O-])c2)[nH]n1.Cl. The molecule has 130 valence electrons. The monoisotopic (exact) mass is 353 g/mol. The number of hydrogen-bond acceptors (Lipinski definition) is 5. The van der Waals surface area contributed by atoms with Crippen molar-refractivity contribution in [2.24, 2.45) is 5.73 Å². The van der Waals surface area contributed by atoms with Crippen LogP contribution in [0.4, 0.5) is 11.5 Å². The number of nitrogens with two attached hydrogens (primary N) is 1. The van der Waals surface area contributed by atoms with Crippen molar-refractivity contribution < 1.29 is 9.72 Å². The summed E-state index contributed by atoms with van der Waals surface area (Å²) < 4.78 is 0. The second kappa shape index (κ2) is 7.89. The van der Waals surface area contributed by atoms with Gasteiger partial charge in [-0.05, 0) is 13.3 Å². The molecule has 2 rings (SSSR count). The summed E-state index contributed by atoms with van der Waals surface area (Å²) in [6.07, 6.45) is 1.35. The molecule has 1 aromatic heterocycles. The van der Waals surface area contributed by atoms with Gasteiger partial charge in [-0.25, -0.2) is 0 Å². The zero-order valence-corrected chi connectivity index (χ0v) is 14.2. The fraction of sp³-hybridized carbons (Fsp3) is 0.333. The molecule has 0 aliphatic carbocycles. The van der Waals surface area contributed by atoms with Crippen molar-refractivity contribution in [2.75, 3.05) is 5.32 Å². The van der Waals surface area contributed by atoms with Crippen molar-refractivity contribution in [1.29, 1.82) is 0 Å². The summed E-state index contributed by atoms with van der Waals surface area (Å²) in [7, 11) is 0. The molecule has 1 unspecified atom stereocenters. The van der Waals surface area contributed by atoms with Gasteiger partial charge in [0.25, 0.3) is 5.69 Å². The minimum absolute atomic E-state index is 0. The first-order valence-electron chi connectivity index (χ1n) is 7.24. The Morgan fingerprint density at radius 3 is 2.79 bits per heavy atom. The number of nitrogens with one attached hydrogen (secondary N) is 2. The van der Waals surface area contributed by atoms with E-state index in [0.29, 0.717) is 23.5 Å². The molecule has 0 radical (unpaired) electrons. The minimum atomic E-state index is -0.973. The van der Waals surface area contributed by atoms with E-state index in [9.17, 15) is 14.9 Å². The molecule has 0 aliphatic rings. The van der Waals surface area contributed by atoms with Gasteiger partial charge in [-0.2, -0.15) is 5.10 Å². The number of hydrogen-bond donors (Lipinski definition) is 3. The molecule has 2 aromatic rings. The Bertz CT molecular complexity index is 729. The number of aromatic nitrogens is 2. The number of halogens is 1. The quantitative estimate of drug-likeness (QED) is 0.543. The van der Waals surface area contributed by atoms with Crippen LogP contribution >= 0.6 is 12.4 Å². The van der Waals surface area contributed by atoms with E-state index >= 15 is 0 Å². The largest absolute Gasteiger partial charge is 0.318 e. The van der Waals surface area contributed by atoms with E-state index < -0.39 is 10.5 Å². The van der Waals surface area contributed by atoms with Crippen LogP contribution in [0, 0.1) is 10.1 Å². The fourth-order valence-corrected chi connectivity index (χ4v) is 2.21. The molecular weight excluding hydrogens is 334 g/mol. The maximum absolute atomic E-state index is 12.1. The lowest BCUT2D eigenvalue weighted by Gasteiger charge is -2.21. The summed E-state index contributed by atoms with van der Waals surface area (Å²) in [6, 6.07) is 7.76. The third-order valence-electron chi connectivity index (χ3n) is 3.48. The third-order valence-corrected chi connectivity index (χ3v) is 3.48. The Hall–Kier alpha value is -2.45. The number of benzene rings is 1. The van der Waals surface area contributed by atoms with Gasteiger partial charge < -0.3 is 11.1 Å². The van der Waals surface area contributed by atoms with Crippen LogP contribution in [0.15, 0.2) is 30.3 Å².